The molecule has 0 spiro atoms. The van der Waals surface area contributed by atoms with Crippen molar-refractivity contribution in [3.8, 4) is 22.8 Å². The Morgan fingerprint density at radius 2 is 1.63 bits per heavy atom. The molecule has 194 valence electrons. The molecule has 1 unspecified atom stereocenters. The summed E-state index contributed by atoms with van der Waals surface area (Å²) in [6.45, 7) is 0.535. The summed E-state index contributed by atoms with van der Waals surface area (Å²) in [6.07, 6.45) is 2.04. The van der Waals surface area contributed by atoms with Crippen molar-refractivity contribution in [1.82, 2.24) is 14.8 Å². The third-order valence-electron chi connectivity index (χ3n) is 6.67. The number of carbonyl (C=O) groups excluding carboxylic acids is 2. The summed E-state index contributed by atoms with van der Waals surface area (Å²) in [5.74, 6) is 0.112. The van der Waals surface area contributed by atoms with Crippen molar-refractivity contribution in [2.24, 2.45) is 5.92 Å². The summed E-state index contributed by atoms with van der Waals surface area (Å²) in [5.41, 5.74) is 2.07. The molecular formula is C29H25BrF2N4O2. The van der Waals surface area contributed by atoms with Crippen LogP contribution >= 0.6 is 15.9 Å². The van der Waals surface area contributed by atoms with Crippen LogP contribution in [0.5, 0.6) is 0 Å². The standard InChI is InChI=1S/C29H25BrF2N4O2/c30-22-2-1-3-25(17-22)35-15-14-19(4-13-27(35)38)16-26(37)18-36-29(21-7-11-24(32)12-8-21)33-28(34-36)20-5-9-23(31)10-6-20/h1-3,5-12,17,19H,4,13-16,18H2. The molecule has 5 rings (SSSR count). The SMILES string of the molecule is O=C(CC1CCC(=O)N(c2cccc(Br)c2)CC1)Cn1nc(-c2ccc(F)cc2)nc1-c1ccc(F)cc1. The summed E-state index contributed by atoms with van der Waals surface area (Å²) in [4.78, 5) is 32.4. The second-order valence-electron chi connectivity index (χ2n) is 9.39. The van der Waals surface area contributed by atoms with E-state index in [1.165, 1.54) is 28.9 Å². The third kappa shape index (κ3) is 6.05. The van der Waals surface area contributed by atoms with Crippen molar-refractivity contribution in [2.45, 2.75) is 32.2 Å². The van der Waals surface area contributed by atoms with Gasteiger partial charge in [0, 0.05) is 40.7 Å². The lowest BCUT2D eigenvalue weighted by Crippen LogP contribution is -2.30. The predicted octanol–water partition coefficient (Wildman–Crippen LogP) is 6.45. The Morgan fingerprint density at radius 1 is 0.947 bits per heavy atom. The summed E-state index contributed by atoms with van der Waals surface area (Å²) in [7, 11) is 0. The number of ketones is 1. The quantitative estimate of drug-likeness (QED) is 0.253. The van der Waals surface area contributed by atoms with E-state index in [-0.39, 0.29) is 35.8 Å². The summed E-state index contributed by atoms with van der Waals surface area (Å²) < 4.78 is 29.4. The van der Waals surface area contributed by atoms with Crippen LogP contribution < -0.4 is 4.90 Å². The Morgan fingerprint density at radius 3 is 2.32 bits per heavy atom. The van der Waals surface area contributed by atoms with Gasteiger partial charge in [-0.15, -0.1) is 5.10 Å². The molecule has 9 heteroatoms. The van der Waals surface area contributed by atoms with Gasteiger partial charge < -0.3 is 4.90 Å². The molecule has 2 heterocycles. The van der Waals surface area contributed by atoms with E-state index in [4.69, 9.17) is 0 Å². The Bertz CT molecular complexity index is 1450. The Kier molecular flexibility index (Phi) is 7.74. The van der Waals surface area contributed by atoms with E-state index in [0.717, 1.165) is 10.2 Å². The number of amides is 1. The molecule has 1 aliphatic rings. The van der Waals surface area contributed by atoms with Gasteiger partial charge in [0.15, 0.2) is 17.4 Å². The summed E-state index contributed by atoms with van der Waals surface area (Å²) >= 11 is 3.46. The van der Waals surface area contributed by atoms with Gasteiger partial charge >= 0.3 is 0 Å². The minimum Gasteiger partial charge on any atom is -0.312 e. The molecule has 6 nitrogen and oxygen atoms in total. The van der Waals surface area contributed by atoms with Crippen LogP contribution in [0, 0.1) is 17.6 Å². The maximum absolute atomic E-state index is 13.5. The fourth-order valence-corrected chi connectivity index (χ4v) is 5.09. The zero-order chi connectivity index (χ0) is 26.6. The average molecular weight is 579 g/mol. The van der Waals surface area contributed by atoms with Crippen LogP contribution in [0.3, 0.4) is 0 Å². The number of hydrogen-bond donors (Lipinski definition) is 0. The number of Topliss-reactive ketones (excluding diaryl/α,β-unsaturated/α-hetero) is 1. The lowest BCUT2D eigenvalue weighted by atomic mass is 9.94. The van der Waals surface area contributed by atoms with Crippen molar-refractivity contribution in [3.05, 3.63) is 88.9 Å². The van der Waals surface area contributed by atoms with Gasteiger partial charge in [0.2, 0.25) is 5.91 Å². The minimum absolute atomic E-state index is 0.0132. The molecule has 3 aromatic carbocycles. The molecule has 1 amide bonds. The van der Waals surface area contributed by atoms with Gasteiger partial charge in [0.1, 0.15) is 18.2 Å². The topological polar surface area (TPSA) is 68.1 Å². The maximum Gasteiger partial charge on any atom is 0.226 e. The van der Waals surface area contributed by atoms with E-state index in [0.29, 0.717) is 55.0 Å². The summed E-state index contributed by atoms with van der Waals surface area (Å²) in [5, 5.41) is 4.53. The Balaban J connectivity index is 1.32. The van der Waals surface area contributed by atoms with Gasteiger partial charge in [-0.1, -0.05) is 22.0 Å². The molecule has 0 aliphatic carbocycles. The number of hydrogen-bond acceptors (Lipinski definition) is 4. The molecule has 1 saturated heterocycles. The smallest absolute Gasteiger partial charge is 0.226 e. The van der Waals surface area contributed by atoms with Crippen molar-refractivity contribution in [3.63, 3.8) is 0 Å². The highest BCUT2D eigenvalue weighted by Gasteiger charge is 2.26. The van der Waals surface area contributed by atoms with Crippen molar-refractivity contribution in [2.75, 3.05) is 11.4 Å². The predicted molar refractivity (Wildman–Crippen MR) is 144 cm³/mol. The fraction of sp³-hybridized carbons (Fsp3) is 0.241. The first-order chi connectivity index (χ1) is 18.4. The molecule has 38 heavy (non-hydrogen) atoms. The summed E-state index contributed by atoms with van der Waals surface area (Å²) in [6, 6.07) is 19.3. The zero-order valence-electron chi connectivity index (χ0n) is 20.5. The second-order valence-corrected chi connectivity index (χ2v) is 10.3. The lowest BCUT2D eigenvalue weighted by Gasteiger charge is -2.21. The normalized spacial score (nSPS) is 15.9. The minimum atomic E-state index is -0.380. The first kappa shape index (κ1) is 25.9. The number of nitrogens with zero attached hydrogens (tertiary/aromatic N) is 4. The van der Waals surface area contributed by atoms with E-state index in [1.807, 2.05) is 24.3 Å². The third-order valence-corrected chi connectivity index (χ3v) is 7.16. The highest BCUT2D eigenvalue weighted by Crippen LogP contribution is 2.28. The number of rotatable bonds is 7. The molecule has 0 N–H and O–H groups in total. The second kappa shape index (κ2) is 11.3. The van der Waals surface area contributed by atoms with Crippen molar-refractivity contribution in [1.29, 1.82) is 0 Å². The number of aromatic nitrogens is 3. The Labute approximate surface area is 227 Å². The molecule has 0 saturated carbocycles. The van der Waals surface area contributed by atoms with Crippen LogP contribution in [0.15, 0.2) is 77.3 Å². The molecule has 4 aromatic rings. The van der Waals surface area contributed by atoms with Crippen LogP contribution in [0.2, 0.25) is 0 Å². The number of benzene rings is 3. The van der Waals surface area contributed by atoms with E-state index in [2.05, 4.69) is 26.0 Å². The molecule has 1 fully saturated rings. The molecule has 0 bridgehead atoms. The maximum atomic E-state index is 13.5. The number of carbonyl (C=O) groups is 2. The lowest BCUT2D eigenvalue weighted by molar-refractivity contribution is -0.121. The monoisotopic (exact) mass is 578 g/mol. The molecule has 1 aliphatic heterocycles. The average Bonchev–Trinajstić information content (AvgIpc) is 3.22. The fourth-order valence-electron chi connectivity index (χ4n) is 4.70. The van der Waals surface area contributed by atoms with E-state index >= 15 is 0 Å². The van der Waals surface area contributed by atoms with Crippen LogP contribution in [-0.2, 0) is 16.1 Å². The first-order valence-electron chi connectivity index (χ1n) is 12.4. The van der Waals surface area contributed by atoms with Crippen molar-refractivity contribution >= 4 is 33.3 Å². The van der Waals surface area contributed by atoms with E-state index in [1.54, 1.807) is 29.2 Å². The highest BCUT2D eigenvalue weighted by molar-refractivity contribution is 9.10. The Hall–Kier alpha value is -3.72. The largest absolute Gasteiger partial charge is 0.312 e. The van der Waals surface area contributed by atoms with Gasteiger partial charge in [-0.05, 0) is 85.5 Å². The van der Waals surface area contributed by atoms with Crippen LogP contribution in [-0.4, -0.2) is 33.0 Å². The van der Waals surface area contributed by atoms with Gasteiger partial charge in [-0.3, -0.25) is 9.59 Å². The molecule has 0 radical (unpaired) electrons. The number of anilines is 1. The van der Waals surface area contributed by atoms with Crippen LogP contribution in [0.1, 0.15) is 25.7 Å². The van der Waals surface area contributed by atoms with Gasteiger partial charge in [-0.2, -0.15) is 0 Å². The van der Waals surface area contributed by atoms with Gasteiger partial charge in [0.05, 0.1) is 0 Å². The van der Waals surface area contributed by atoms with Crippen molar-refractivity contribution < 1.29 is 18.4 Å². The van der Waals surface area contributed by atoms with E-state index < -0.39 is 0 Å². The highest BCUT2D eigenvalue weighted by atomic mass is 79.9. The molecular weight excluding hydrogens is 554 g/mol. The van der Waals surface area contributed by atoms with Gasteiger partial charge in [-0.25, -0.2) is 18.4 Å². The van der Waals surface area contributed by atoms with E-state index in [9.17, 15) is 18.4 Å². The van der Waals surface area contributed by atoms with Crippen LogP contribution in [0.25, 0.3) is 22.8 Å². The molecule has 1 atom stereocenters. The zero-order valence-corrected chi connectivity index (χ0v) is 22.1. The number of halogens is 3. The van der Waals surface area contributed by atoms with Crippen LogP contribution in [0.4, 0.5) is 14.5 Å². The first-order valence-corrected chi connectivity index (χ1v) is 13.2. The van der Waals surface area contributed by atoms with Gasteiger partial charge in [0.25, 0.3) is 0 Å². The molecule has 1 aromatic heterocycles.